The van der Waals surface area contributed by atoms with Crippen molar-refractivity contribution in [2.24, 2.45) is 5.92 Å². The molecule has 130 valence electrons. The van der Waals surface area contributed by atoms with Crippen LogP contribution in [0.1, 0.15) is 24.5 Å². The predicted molar refractivity (Wildman–Crippen MR) is 95.1 cm³/mol. The van der Waals surface area contributed by atoms with Crippen LogP contribution < -0.4 is 4.74 Å². The zero-order valence-corrected chi connectivity index (χ0v) is 15.1. The Morgan fingerprint density at radius 1 is 1.35 bits per heavy atom. The molecule has 2 rings (SSSR count). The van der Waals surface area contributed by atoms with Gasteiger partial charge in [-0.2, -0.15) is 0 Å². The van der Waals surface area contributed by atoms with Gasteiger partial charge in [-0.15, -0.1) is 0 Å². The van der Waals surface area contributed by atoms with Crippen molar-refractivity contribution in [3.05, 3.63) is 29.3 Å². The number of benzene rings is 1. The Kier molecular flexibility index (Phi) is 6.88. The molecule has 1 saturated heterocycles. The highest BCUT2D eigenvalue weighted by Gasteiger charge is 2.25. The summed E-state index contributed by atoms with van der Waals surface area (Å²) in [5.74, 6) is 1.64. The maximum atomic E-state index is 10.3. The average molecular weight is 320 g/mol. The number of rotatable bonds is 8. The molecular formula is C19H32N2O2. The molecule has 1 aromatic carbocycles. The fourth-order valence-electron chi connectivity index (χ4n) is 3.35. The molecule has 1 aromatic rings. The van der Waals surface area contributed by atoms with Crippen LogP contribution in [0.5, 0.6) is 5.75 Å². The summed E-state index contributed by atoms with van der Waals surface area (Å²) in [5, 5.41) is 10.3. The lowest BCUT2D eigenvalue weighted by Crippen LogP contribution is -2.35. The minimum absolute atomic E-state index is 0.363. The Labute approximate surface area is 141 Å². The van der Waals surface area contributed by atoms with Gasteiger partial charge in [-0.1, -0.05) is 25.1 Å². The maximum Gasteiger partial charge on any atom is 0.125 e. The lowest BCUT2D eigenvalue weighted by molar-refractivity contribution is 0.0737. The summed E-state index contributed by atoms with van der Waals surface area (Å²) < 4.78 is 5.86. The molecule has 0 bridgehead atoms. The van der Waals surface area contributed by atoms with E-state index in [4.69, 9.17) is 4.74 Å². The number of para-hydroxylation sites is 1. The number of hydrogen-bond acceptors (Lipinski definition) is 4. The molecule has 1 heterocycles. The van der Waals surface area contributed by atoms with Gasteiger partial charge in [0, 0.05) is 19.6 Å². The van der Waals surface area contributed by atoms with Crippen LogP contribution in [-0.4, -0.2) is 67.4 Å². The largest absolute Gasteiger partial charge is 0.490 e. The van der Waals surface area contributed by atoms with E-state index in [-0.39, 0.29) is 0 Å². The van der Waals surface area contributed by atoms with Crippen molar-refractivity contribution in [1.82, 2.24) is 9.80 Å². The summed E-state index contributed by atoms with van der Waals surface area (Å²) in [5.41, 5.74) is 2.25. The number of hydrogen-bond donors (Lipinski definition) is 1. The molecule has 0 aliphatic carbocycles. The molecule has 2 unspecified atom stereocenters. The number of ether oxygens (including phenoxy) is 1. The average Bonchev–Trinajstić information content (AvgIpc) is 2.93. The summed E-state index contributed by atoms with van der Waals surface area (Å²) in [6.45, 7) is 11.8. The van der Waals surface area contributed by atoms with Crippen molar-refractivity contribution in [1.29, 1.82) is 0 Å². The molecule has 1 aliphatic rings. The van der Waals surface area contributed by atoms with Crippen LogP contribution in [-0.2, 0) is 0 Å². The Bertz CT molecular complexity index is 472. The SMILES string of the molecule is CCN(C)CC1CCN(CC(O)COc2c(C)cccc2C)C1. The fraction of sp³-hybridized carbons (Fsp3) is 0.684. The van der Waals surface area contributed by atoms with Crippen molar-refractivity contribution in [2.45, 2.75) is 33.3 Å². The number of aliphatic hydroxyl groups excluding tert-OH is 1. The maximum absolute atomic E-state index is 10.3. The third kappa shape index (κ3) is 5.48. The van der Waals surface area contributed by atoms with Crippen LogP contribution in [0.25, 0.3) is 0 Å². The van der Waals surface area contributed by atoms with Crippen LogP contribution in [0, 0.1) is 19.8 Å². The van der Waals surface area contributed by atoms with Crippen LogP contribution in [0.15, 0.2) is 18.2 Å². The molecule has 0 saturated carbocycles. The second-order valence-electron chi connectivity index (χ2n) is 6.95. The van der Waals surface area contributed by atoms with Gasteiger partial charge in [-0.25, -0.2) is 0 Å². The van der Waals surface area contributed by atoms with Gasteiger partial charge in [-0.3, -0.25) is 0 Å². The third-order valence-electron chi connectivity index (χ3n) is 4.78. The van der Waals surface area contributed by atoms with Crippen LogP contribution in [0.4, 0.5) is 0 Å². The minimum Gasteiger partial charge on any atom is -0.490 e. The molecule has 1 fully saturated rings. The highest BCUT2D eigenvalue weighted by molar-refractivity contribution is 5.39. The lowest BCUT2D eigenvalue weighted by Gasteiger charge is -2.22. The third-order valence-corrected chi connectivity index (χ3v) is 4.78. The molecule has 1 N–H and O–H groups in total. The Balaban J connectivity index is 1.74. The van der Waals surface area contributed by atoms with E-state index in [2.05, 4.69) is 23.8 Å². The highest BCUT2D eigenvalue weighted by Crippen LogP contribution is 2.23. The van der Waals surface area contributed by atoms with E-state index >= 15 is 0 Å². The minimum atomic E-state index is -0.434. The molecule has 0 aromatic heterocycles. The van der Waals surface area contributed by atoms with Crippen molar-refractivity contribution < 1.29 is 9.84 Å². The second kappa shape index (κ2) is 8.67. The van der Waals surface area contributed by atoms with Gasteiger partial charge in [-0.05, 0) is 57.5 Å². The summed E-state index contributed by atoms with van der Waals surface area (Å²) >= 11 is 0. The monoisotopic (exact) mass is 320 g/mol. The number of aliphatic hydroxyl groups is 1. The normalized spacial score (nSPS) is 20.2. The first kappa shape index (κ1) is 18.2. The van der Waals surface area contributed by atoms with E-state index < -0.39 is 6.10 Å². The van der Waals surface area contributed by atoms with Crippen LogP contribution in [0.2, 0.25) is 0 Å². The number of aryl methyl sites for hydroxylation is 2. The zero-order valence-electron chi connectivity index (χ0n) is 15.1. The first-order valence-corrected chi connectivity index (χ1v) is 8.77. The number of β-amino-alcohol motifs (C(OH)–C–C–N with tert-alkyl or cyclic N) is 1. The topological polar surface area (TPSA) is 35.9 Å². The van der Waals surface area contributed by atoms with Gasteiger partial charge < -0.3 is 19.6 Å². The van der Waals surface area contributed by atoms with E-state index in [1.54, 1.807) is 0 Å². The Hall–Kier alpha value is -1.10. The van der Waals surface area contributed by atoms with Gasteiger partial charge in [0.15, 0.2) is 0 Å². The summed E-state index contributed by atoms with van der Waals surface area (Å²) in [6.07, 6.45) is 0.797. The Morgan fingerprint density at radius 2 is 2.04 bits per heavy atom. The lowest BCUT2D eigenvalue weighted by atomic mass is 10.1. The molecule has 23 heavy (non-hydrogen) atoms. The van der Waals surface area contributed by atoms with Gasteiger partial charge in [0.2, 0.25) is 0 Å². The van der Waals surface area contributed by atoms with Gasteiger partial charge >= 0.3 is 0 Å². The van der Waals surface area contributed by atoms with Crippen molar-refractivity contribution in [2.75, 3.05) is 46.4 Å². The van der Waals surface area contributed by atoms with E-state index in [0.717, 1.165) is 49.0 Å². The van der Waals surface area contributed by atoms with Crippen molar-refractivity contribution in [3.8, 4) is 5.75 Å². The Morgan fingerprint density at radius 3 is 2.70 bits per heavy atom. The fourth-order valence-corrected chi connectivity index (χ4v) is 3.35. The molecule has 0 radical (unpaired) electrons. The molecule has 4 nitrogen and oxygen atoms in total. The van der Waals surface area contributed by atoms with Crippen LogP contribution >= 0.6 is 0 Å². The van der Waals surface area contributed by atoms with E-state index in [1.807, 2.05) is 32.0 Å². The standard InChI is InChI=1S/C19H32N2O2/c1-5-20(4)11-17-9-10-21(12-17)13-18(22)14-23-19-15(2)7-6-8-16(19)3/h6-8,17-18,22H,5,9-14H2,1-4H3. The molecule has 0 spiro atoms. The van der Waals surface area contributed by atoms with E-state index in [9.17, 15) is 5.11 Å². The van der Waals surface area contributed by atoms with Gasteiger partial charge in [0.1, 0.15) is 18.5 Å². The molecule has 1 aliphatic heterocycles. The molecule has 4 heteroatoms. The van der Waals surface area contributed by atoms with Crippen LogP contribution in [0.3, 0.4) is 0 Å². The number of nitrogens with zero attached hydrogens (tertiary/aromatic N) is 2. The van der Waals surface area contributed by atoms with Gasteiger partial charge in [0.25, 0.3) is 0 Å². The summed E-state index contributed by atoms with van der Waals surface area (Å²) in [7, 11) is 2.18. The number of likely N-dealkylation sites (tertiary alicyclic amines) is 1. The molecule has 2 atom stereocenters. The smallest absolute Gasteiger partial charge is 0.125 e. The zero-order chi connectivity index (χ0) is 16.8. The summed E-state index contributed by atoms with van der Waals surface area (Å²) in [4.78, 5) is 4.74. The van der Waals surface area contributed by atoms with E-state index in [1.165, 1.54) is 6.42 Å². The predicted octanol–water partition coefficient (Wildman–Crippen LogP) is 2.32. The van der Waals surface area contributed by atoms with E-state index in [0.29, 0.717) is 13.2 Å². The van der Waals surface area contributed by atoms with Crippen molar-refractivity contribution in [3.63, 3.8) is 0 Å². The first-order valence-electron chi connectivity index (χ1n) is 8.77. The molecular weight excluding hydrogens is 288 g/mol. The molecule has 0 amide bonds. The first-order chi connectivity index (χ1) is 11.0. The second-order valence-corrected chi connectivity index (χ2v) is 6.95. The van der Waals surface area contributed by atoms with Crippen molar-refractivity contribution >= 4 is 0 Å². The highest BCUT2D eigenvalue weighted by atomic mass is 16.5. The van der Waals surface area contributed by atoms with Gasteiger partial charge in [0.05, 0.1) is 0 Å². The quantitative estimate of drug-likeness (QED) is 0.797. The summed E-state index contributed by atoms with van der Waals surface area (Å²) in [6, 6.07) is 6.12.